The Bertz CT molecular complexity index is 510. The summed E-state index contributed by atoms with van der Waals surface area (Å²) in [6, 6.07) is 4.11. The van der Waals surface area contributed by atoms with Crippen molar-refractivity contribution < 1.29 is 14.3 Å². The first-order valence-corrected chi connectivity index (χ1v) is 7.21. The van der Waals surface area contributed by atoms with Crippen molar-refractivity contribution >= 4 is 17.3 Å². The standard InChI is InChI=1S/C15H22FN3O2/c1-10-4-6-19(9-14(10)20)7-5-15(21)18-11-2-3-12(16)13(17)8-11/h2-3,8,10,14,20H,4-7,9,17H2,1H3,(H,18,21). The molecule has 21 heavy (non-hydrogen) atoms. The minimum absolute atomic E-state index is 0.0148. The summed E-state index contributed by atoms with van der Waals surface area (Å²) in [6.07, 6.45) is 0.953. The molecular weight excluding hydrogens is 273 g/mol. The van der Waals surface area contributed by atoms with Gasteiger partial charge < -0.3 is 21.1 Å². The summed E-state index contributed by atoms with van der Waals surface area (Å²) >= 11 is 0. The molecule has 0 bridgehead atoms. The number of hydrogen-bond acceptors (Lipinski definition) is 4. The summed E-state index contributed by atoms with van der Waals surface area (Å²) in [7, 11) is 0. The molecule has 0 radical (unpaired) electrons. The van der Waals surface area contributed by atoms with Gasteiger partial charge in [0.05, 0.1) is 11.8 Å². The number of nitrogens with one attached hydrogen (secondary N) is 1. The van der Waals surface area contributed by atoms with Crippen LogP contribution in [-0.2, 0) is 4.79 Å². The average molecular weight is 295 g/mol. The number of halogens is 1. The van der Waals surface area contributed by atoms with E-state index >= 15 is 0 Å². The molecule has 0 saturated carbocycles. The molecular formula is C15H22FN3O2. The predicted molar refractivity (Wildman–Crippen MR) is 80.3 cm³/mol. The molecule has 116 valence electrons. The normalized spacial score (nSPS) is 23.0. The molecule has 2 unspecified atom stereocenters. The van der Waals surface area contributed by atoms with Crippen LogP contribution in [0.1, 0.15) is 19.8 Å². The number of carbonyl (C=O) groups excluding carboxylic acids is 1. The van der Waals surface area contributed by atoms with E-state index in [0.29, 0.717) is 31.1 Å². The van der Waals surface area contributed by atoms with Crippen LogP contribution in [-0.4, -0.2) is 41.7 Å². The van der Waals surface area contributed by atoms with E-state index in [2.05, 4.69) is 10.2 Å². The van der Waals surface area contributed by atoms with Gasteiger partial charge in [0.15, 0.2) is 0 Å². The number of nitrogens with zero attached hydrogens (tertiary/aromatic N) is 1. The van der Waals surface area contributed by atoms with Gasteiger partial charge >= 0.3 is 0 Å². The van der Waals surface area contributed by atoms with Crippen LogP contribution >= 0.6 is 0 Å². The van der Waals surface area contributed by atoms with Crippen LogP contribution in [0.4, 0.5) is 15.8 Å². The van der Waals surface area contributed by atoms with Crippen LogP contribution in [0, 0.1) is 11.7 Å². The molecule has 1 saturated heterocycles. The lowest BCUT2D eigenvalue weighted by molar-refractivity contribution is -0.116. The number of hydrogen-bond donors (Lipinski definition) is 3. The number of likely N-dealkylation sites (tertiary alicyclic amines) is 1. The zero-order chi connectivity index (χ0) is 15.4. The van der Waals surface area contributed by atoms with Crippen molar-refractivity contribution in [3.8, 4) is 0 Å². The summed E-state index contributed by atoms with van der Waals surface area (Å²) in [6.45, 7) is 4.15. The first-order chi connectivity index (χ1) is 9.95. The predicted octanol–water partition coefficient (Wildman–Crippen LogP) is 1.44. The molecule has 2 atom stereocenters. The topological polar surface area (TPSA) is 78.6 Å². The van der Waals surface area contributed by atoms with Crippen LogP contribution in [0.5, 0.6) is 0 Å². The summed E-state index contributed by atoms with van der Waals surface area (Å²) in [5.74, 6) is -0.323. The quantitative estimate of drug-likeness (QED) is 0.734. The number of aliphatic hydroxyl groups excluding tert-OH is 1. The third kappa shape index (κ3) is 4.41. The Morgan fingerprint density at radius 1 is 1.57 bits per heavy atom. The van der Waals surface area contributed by atoms with Gasteiger partial charge in [-0.05, 0) is 37.1 Å². The molecule has 4 N–H and O–H groups in total. The van der Waals surface area contributed by atoms with Gasteiger partial charge in [0.25, 0.3) is 0 Å². The molecule has 0 aliphatic carbocycles. The Labute approximate surface area is 123 Å². The summed E-state index contributed by atoms with van der Waals surface area (Å²) in [4.78, 5) is 13.9. The van der Waals surface area contributed by atoms with Crippen LogP contribution in [0.25, 0.3) is 0 Å². The Balaban J connectivity index is 1.78. The zero-order valence-corrected chi connectivity index (χ0v) is 12.2. The van der Waals surface area contributed by atoms with Gasteiger partial charge in [0.2, 0.25) is 5.91 Å². The third-order valence-corrected chi connectivity index (χ3v) is 3.94. The number of aliphatic hydroxyl groups is 1. The Morgan fingerprint density at radius 2 is 2.33 bits per heavy atom. The van der Waals surface area contributed by atoms with Gasteiger partial charge in [-0.2, -0.15) is 0 Å². The van der Waals surface area contributed by atoms with Gasteiger partial charge in [0.1, 0.15) is 5.82 Å². The molecule has 1 heterocycles. The number of nitrogens with two attached hydrogens (primary N) is 1. The molecule has 1 aromatic rings. The molecule has 0 spiro atoms. The van der Waals surface area contributed by atoms with E-state index in [1.54, 1.807) is 0 Å². The van der Waals surface area contributed by atoms with E-state index in [0.717, 1.165) is 13.0 Å². The van der Waals surface area contributed by atoms with E-state index in [9.17, 15) is 14.3 Å². The maximum Gasteiger partial charge on any atom is 0.225 e. The van der Waals surface area contributed by atoms with Crippen molar-refractivity contribution in [2.45, 2.75) is 25.9 Å². The first-order valence-electron chi connectivity index (χ1n) is 7.21. The number of anilines is 2. The van der Waals surface area contributed by atoms with Crippen molar-refractivity contribution in [1.82, 2.24) is 4.90 Å². The Kier molecular flexibility index (Phi) is 5.14. The van der Waals surface area contributed by atoms with Gasteiger partial charge in [-0.1, -0.05) is 6.92 Å². The fourth-order valence-electron chi connectivity index (χ4n) is 2.42. The summed E-state index contributed by atoms with van der Waals surface area (Å²) in [5.41, 5.74) is 5.96. The first kappa shape index (κ1) is 15.7. The largest absolute Gasteiger partial charge is 0.396 e. The maximum atomic E-state index is 13.0. The molecule has 6 heteroatoms. The van der Waals surface area contributed by atoms with Gasteiger partial charge in [-0.25, -0.2) is 4.39 Å². The maximum absolute atomic E-state index is 13.0. The highest BCUT2D eigenvalue weighted by Gasteiger charge is 2.24. The van der Waals surface area contributed by atoms with Crippen molar-refractivity contribution in [3.05, 3.63) is 24.0 Å². The summed E-state index contributed by atoms with van der Waals surface area (Å²) < 4.78 is 13.0. The number of piperidine rings is 1. The Morgan fingerprint density at radius 3 is 3.00 bits per heavy atom. The number of rotatable bonds is 4. The lowest BCUT2D eigenvalue weighted by Crippen LogP contribution is -2.43. The molecule has 1 amide bonds. The lowest BCUT2D eigenvalue weighted by atomic mass is 9.96. The van der Waals surface area contributed by atoms with Crippen molar-refractivity contribution in [1.29, 1.82) is 0 Å². The number of carbonyl (C=O) groups is 1. The minimum Gasteiger partial charge on any atom is -0.396 e. The second-order valence-electron chi connectivity index (χ2n) is 5.67. The fraction of sp³-hybridized carbons (Fsp3) is 0.533. The summed E-state index contributed by atoms with van der Waals surface area (Å²) in [5, 5.41) is 12.5. The van der Waals surface area contributed by atoms with E-state index in [1.807, 2.05) is 6.92 Å². The number of nitrogen functional groups attached to an aromatic ring is 1. The van der Waals surface area contributed by atoms with Gasteiger partial charge in [0, 0.05) is 25.2 Å². The highest BCUT2D eigenvalue weighted by molar-refractivity contribution is 5.91. The van der Waals surface area contributed by atoms with E-state index in [-0.39, 0.29) is 17.7 Å². The van der Waals surface area contributed by atoms with Crippen molar-refractivity contribution in [2.75, 3.05) is 30.7 Å². The highest BCUT2D eigenvalue weighted by Crippen LogP contribution is 2.18. The fourth-order valence-corrected chi connectivity index (χ4v) is 2.42. The highest BCUT2D eigenvalue weighted by atomic mass is 19.1. The van der Waals surface area contributed by atoms with Crippen LogP contribution in [0.15, 0.2) is 18.2 Å². The van der Waals surface area contributed by atoms with Crippen molar-refractivity contribution in [3.63, 3.8) is 0 Å². The molecule has 1 fully saturated rings. The van der Waals surface area contributed by atoms with Crippen LogP contribution in [0.2, 0.25) is 0 Å². The molecule has 1 aliphatic rings. The molecule has 1 aliphatic heterocycles. The van der Waals surface area contributed by atoms with Gasteiger partial charge in [-0.3, -0.25) is 4.79 Å². The number of amides is 1. The van der Waals surface area contributed by atoms with Gasteiger partial charge in [-0.15, -0.1) is 0 Å². The molecule has 5 nitrogen and oxygen atoms in total. The van der Waals surface area contributed by atoms with Crippen LogP contribution < -0.4 is 11.1 Å². The van der Waals surface area contributed by atoms with E-state index in [4.69, 9.17) is 5.73 Å². The smallest absolute Gasteiger partial charge is 0.225 e. The number of benzene rings is 1. The lowest BCUT2D eigenvalue weighted by Gasteiger charge is -2.34. The van der Waals surface area contributed by atoms with Crippen molar-refractivity contribution in [2.24, 2.45) is 5.92 Å². The molecule has 0 aromatic heterocycles. The number of β-amino-alcohol motifs (C(OH)–C–C–N with tert-alkyl or cyclic N) is 1. The van der Waals surface area contributed by atoms with E-state index in [1.165, 1.54) is 18.2 Å². The Hall–Kier alpha value is -1.66. The third-order valence-electron chi connectivity index (χ3n) is 3.94. The average Bonchev–Trinajstić information content (AvgIpc) is 2.44. The van der Waals surface area contributed by atoms with Crippen LogP contribution in [0.3, 0.4) is 0 Å². The molecule has 2 rings (SSSR count). The second-order valence-corrected chi connectivity index (χ2v) is 5.67. The zero-order valence-electron chi connectivity index (χ0n) is 12.2. The minimum atomic E-state index is -0.496. The molecule has 1 aromatic carbocycles. The van der Waals surface area contributed by atoms with E-state index < -0.39 is 5.82 Å². The SMILES string of the molecule is CC1CCN(CCC(=O)Nc2ccc(F)c(N)c2)CC1O. The second kappa shape index (κ2) is 6.87. The monoisotopic (exact) mass is 295 g/mol.